The number of aldehydes is 1. The van der Waals surface area contributed by atoms with Gasteiger partial charge in [-0.15, -0.1) is 0 Å². The molecule has 0 unspecified atom stereocenters. The molecule has 0 aromatic heterocycles. The molecule has 0 radical (unpaired) electrons. The standard InChI is InChI=1S/C13H18N2O4/c1-13(2,5-6-16)9-14-11-4-3-10(8-17)7-12(11)15(18)19/h3-4,7-8,14,16H,5-6,9H2,1-2H3. The molecule has 0 aliphatic heterocycles. The number of carbonyl (C=O) groups excluding carboxylic acids is 1. The second-order valence-electron chi connectivity index (χ2n) is 5.14. The van der Waals surface area contributed by atoms with Gasteiger partial charge >= 0.3 is 0 Å². The Balaban J connectivity index is 2.89. The average Bonchev–Trinajstić information content (AvgIpc) is 2.36. The van der Waals surface area contributed by atoms with Gasteiger partial charge in [0.25, 0.3) is 5.69 Å². The highest BCUT2D eigenvalue weighted by Crippen LogP contribution is 2.27. The van der Waals surface area contributed by atoms with E-state index in [-0.39, 0.29) is 23.3 Å². The summed E-state index contributed by atoms with van der Waals surface area (Å²) in [5.74, 6) is 0. The number of hydrogen-bond acceptors (Lipinski definition) is 5. The van der Waals surface area contributed by atoms with E-state index in [0.717, 1.165) is 0 Å². The first-order valence-electron chi connectivity index (χ1n) is 5.98. The molecule has 1 rings (SSSR count). The van der Waals surface area contributed by atoms with Gasteiger partial charge in [0.05, 0.1) is 4.92 Å². The van der Waals surface area contributed by atoms with Crippen molar-refractivity contribution in [3.8, 4) is 0 Å². The van der Waals surface area contributed by atoms with E-state index in [1.165, 1.54) is 18.2 Å². The van der Waals surface area contributed by atoms with E-state index in [2.05, 4.69) is 5.32 Å². The average molecular weight is 266 g/mol. The third-order valence-electron chi connectivity index (χ3n) is 2.90. The molecule has 6 heteroatoms. The van der Waals surface area contributed by atoms with Crippen LogP contribution in [-0.4, -0.2) is 29.5 Å². The quantitative estimate of drug-likeness (QED) is 0.448. The Labute approximate surface area is 111 Å². The Morgan fingerprint density at radius 3 is 2.68 bits per heavy atom. The highest BCUT2D eigenvalue weighted by atomic mass is 16.6. The van der Waals surface area contributed by atoms with Crippen LogP contribution in [0.2, 0.25) is 0 Å². The number of aliphatic hydroxyl groups is 1. The van der Waals surface area contributed by atoms with Crippen LogP contribution < -0.4 is 5.32 Å². The third kappa shape index (κ3) is 4.33. The largest absolute Gasteiger partial charge is 0.396 e. The summed E-state index contributed by atoms with van der Waals surface area (Å²) in [5, 5.41) is 22.9. The lowest BCUT2D eigenvalue weighted by Crippen LogP contribution is -2.24. The summed E-state index contributed by atoms with van der Waals surface area (Å²) in [5.41, 5.74) is 0.351. The Morgan fingerprint density at radius 2 is 2.16 bits per heavy atom. The number of benzene rings is 1. The zero-order valence-corrected chi connectivity index (χ0v) is 11.0. The number of nitrogens with one attached hydrogen (secondary N) is 1. The molecule has 0 bridgehead atoms. The molecule has 1 aromatic rings. The summed E-state index contributed by atoms with van der Waals surface area (Å²) < 4.78 is 0. The molecule has 0 saturated heterocycles. The molecule has 104 valence electrons. The smallest absolute Gasteiger partial charge is 0.293 e. The highest BCUT2D eigenvalue weighted by molar-refractivity contribution is 5.79. The fourth-order valence-electron chi connectivity index (χ4n) is 1.65. The molecule has 0 amide bonds. The van der Waals surface area contributed by atoms with Crippen LogP contribution in [0.1, 0.15) is 30.6 Å². The number of hydrogen-bond donors (Lipinski definition) is 2. The van der Waals surface area contributed by atoms with Crippen LogP contribution in [0.15, 0.2) is 18.2 Å². The maximum atomic E-state index is 10.9. The van der Waals surface area contributed by atoms with Gasteiger partial charge in [0.1, 0.15) is 12.0 Å². The second-order valence-corrected chi connectivity index (χ2v) is 5.14. The molecule has 0 atom stereocenters. The van der Waals surface area contributed by atoms with E-state index < -0.39 is 4.92 Å². The molecule has 0 aliphatic rings. The van der Waals surface area contributed by atoms with Gasteiger partial charge in [0.2, 0.25) is 0 Å². The van der Waals surface area contributed by atoms with Crippen LogP contribution >= 0.6 is 0 Å². The Morgan fingerprint density at radius 1 is 1.47 bits per heavy atom. The van der Waals surface area contributed by atoms with E-state index in [1.54, 1.807) is 0 Å². The topological polar surface area (TPSA) is 92.5 Å². The fourth-order valence-corrected chi connectivity index (χ4v) is 1.65. The summed E-state index contributed by atoms with van der Waals surface area (Å²) in [4.78, 5) is 21.1. The molecule has 6 nitrogen and oxygen atoms in total. The van der Waals surface area contributed by atoms with Crippen molar-refractivity contribution in [3.63, 3.8) is 0 Å². The molecule has 2 N–H and O–H groups in total. The molecular formula is C13H18N2O4. The van der Waals surface area contributed by atoms with Crippen molar-refractivity contribution < 1.29 is 14.8 Å². The molecule has 0 heterocycles. The van der Waals surface area contributed by atoms with Crippen LogP contribution in [0.5, 0.6) is 0 Å². The van der Waals surface area contributed by atoms with Gasteiger partial charge in [-0.3, -0.25) is 14.9 Å². The van der Waals surface area contributed by atoms with E-state index in [0.29, 0.717) is 24.9 Å². The van der Waals surface area contributed by atoms with E-state index in [9.17, 15) is 14.9 Å². The molecule has 0 aliphatic carbocycles. The lowest BCUT2D eigenvalue weighted by molar-refractivity contribution is -0.384. The molecule has 0 saturated carbocycles. The number of nitrogens with zero attached hydrogens (tertiary/aromatic N) is 1. The molecule has 0 spiro atoms. The van der Waals surface area contributed by atoms with Crippen molar-refractivity contribution in [2.45, 2.75) is 20.3 Å². The molecule has 19 heavy (non-hydrogen) atoms. The Bertz CT molecular complexity index is 472. The number of nitro groups is 1. The zero-order valence-electron chi connectivity index (χ0n) is 11.0. The summed E-state index contributed by atoms with van der Waals surface area (Å²) in [6, 6.07) is 4.30. The van der Waals surface area contributed by atoms with Gasteiger partial charge in [0, 0.05) is 24.8 Å². The van der Waals surface area contributed by atoms with Gasteiger partial charge in [-0.05, 0) is 24.0 Å². The summed E-state index contributed by atoms with van der Waals surface area (Å²) in [6.45, 7) is 4.49. The molecular weight excluding hydrogens is 248 g/mol. The number of carbonyl (C=O) groups is 1. The summed E-state index contributed by atoms with van der Waals surface area (Å²) in [6.07, 6.45) is 1.17. The van der Waals surface area contributed by atoms with Crippen molar-refractivity contribution >= 4 is 17.7 Å². The number of anilines is 1. The molecule has 1 aromatic carbocycles. The maximum absolute atomic E-state index is 10.9. The normalized spacial score (nSPS) is 11.1. The first kappa shape index (κ1) is 15.1. The first-order valence-corrected chi connectivity index (χ1v) is 5.98. The van der Waals surface area contributed by atoms with Crippen molar-refractivity contribution in [1.29, 1.82) is 0 Å². The number of rotatable bonds is 7. The lowest BCUT2D eigenvalue weighted by Gasteiger charge is -2.24. The van der Waals surface area contributed by atoms with Gasteiger partial charge in [-0.25, -0.2) is 0 Å². The third-order valence-corrected chi connectivity index (χ3v) is 2.90. The number of nitro benzene ring substituents is 1. The first-order chi connectivity index (χ1) is 8.89. The summed E-state index contributed by atoms with van der Waals surface area (Å²) in [7, 11) is 0. The maximum Gasteiger partial charge on any atom is 0.293 e. The Kier molecular flexibility index (Phi) is 5.00. The number of aliphatic hydroxyl groups excluding tert-OH is 1. The molecule has 0 fully saturated rings. The van der Waals surface area contributed by atoms with Gasteiger partial charge in [-0.1, -0.05) is 13.8 Å². The van der Waals surface area contributed by atoms with Gasteiger partial charge in [0.15, 0.2) is 0 Å². The van der Waals surface area contributed by atoms with E-state index in [1.807, 2.05) is 13.8 Å². The van der Waals surface area contributed by atoms with Crippen molar-refractivity contribution in [2.24, 2.45) is 5.41 Å². The Hall–Kier alpha value is -1.95. The van der Waals surface area contributed by atoms with Crippen LogP contribution in [-0.2, 0) is 0 Å². The van der Waals surface area contributed by atoms with Crippen molar-refractivity contribution in [1.82, 2.24) is 0 Å². The van der Waals surface area contributed by atoms with Crippen molar-refractivity contribution in [2.75, 3.05) is 18.5 Å². The zero-order chi connectivity index (χ0) is 14.5. The minimum atomic E-state index is -0.519. The van der Waals surface area contributed by atoms with Crippen LogP contribution in [0.4, 0.5) is 11.4 Å². The second kappa shape index (κ2) is 6.29. The minimum absolute atomic E-state index is 0.0703. The van der Waals surface area contributed by atoms with E-state index >= 15 is 0 Å². The van der Waals surface area contributed by atoms with Crippen LogP contribution in [0.3, 0.4) is 0 Å². The highest BCUT2D eigenvalue weighted by Gasteiger charge is 2.20. The minimum Gasteiger partial charge on any atom is -0.396 e. The summed E-state index contributed by atoms with van der Waals surface area (Å²) >= 11 is 0. The fraction of sp³-hybridized carbons (Fsp3) is 0.462. The van der Waals surface area contributed by atoms with Crippen molar-refractivity contribution in [3.05, 3.63) is 33.9 Å². The van der Waals surface area contributed by atoms with E-state index in [4.69, 9.17) is 5.11 Å². The lowest BCUT2D eigenvalue weighted by atomic mass is 9.89. The SMILES string of the molecule is CC(C)(CCO)CNc1ccc(C=O)cc1[N+](=O)[O-]. The van der Waals surface area contributed by atoms with Crippen LogP contribution in [0, 0.1) is 15.5 Å². The van der Waals surface area contributed by atoms with Gasteiger partial charge < -0.3 is 10.4 Å². The predicted molar refractivity (Wildman–Crippen MR) is 72.5 cm³/mol. The van der Waals surface area contributed by atoms with Crippen LogP contribution in [0.25, 0.3) is 0 Å². The van der Waals surface area contributed by atoms with Gasteiger partial charge in [-0.2, -0.15) is 0 Å². The predicted octanol–water partition coefficient (Wildman–Crippen LogP) is 2.23. The monoisotopic (exact) mass is 266 g/mol.